The quantitative estimate of drug-likeness (QED) is 0.223. The average molecular weight is 504 g/mol. The van der Waals surface area contributed by atoms with Gasteiger partial charge < -0.3 is 10.3 Å². The summed E-state index contributed by atoms with van der Waals surface area (Å²) >= 11 is 14.5. The maximum atomic E-state index is 12.8. The van der Waals surface area contributed by atoms with Crippen LogP contribution in [0.15, 0.2) is 57.8 Å². The molecule has 1 amide bonds. The summed E-state index contributed by atoms with van der Waals surface area (Å²) in [6, 6.07) is 13.1. The van der Waals surface area contributed by atoms with Gasteiger partial charge in [-0.05, 0) is 35.2 Å². The van der Waals surface area contributed by atoms with Gasteiger partial charge in [0.05, 0.1) is 21.8 Å². The lowest BCUT2D eigenvalue weighted by Crippen LogP contribution is -2.15. The van der Waals surface area contributed by atoms with Crippen LogP contribution in [-0.2, 0) is 4.79 Å². The van der Waals surface area contributed by atoms with Crippen molar-refractivity contribution < 1.29 is 4.79 Å². The number of anilines is 1. The number of thioether (sulfide) groups is 1. The van der Waals surface area contributed by atoms with Gasteiger partial charge in [-0.25, -0.2) is 4.98 Å². The van der Waals surface area contributed by atoms with E-state index in [1.165, 1.54) is 16.9 Å². The fourth-order valence-electron chi connectivity index (χ4n) is 3.17. The first-order valence-corrected chi connectivity index (χ1v) is 12.4. The first-order valence-electron chi connectivity index (χ1n) is 9.81. The summed E-state index contributed by atoms with van der Waals surface area (Å²) in [5, 5.41) is 6.48. The molecule has 0 saturated carbocycles. The fourth-order valence-corrected chi connectivity index (χ4v) is 5.29. The Hall–Kier alpha value is -2.32. The number of nitrogens with one attached hydrogen (secondary N) is 2. The molecule has 9 heteroatoms. The molecule has 164 valence electrons. The zero-order valence-electron chi connectivity index (χ0n) is 17.2. The number of hydrogen-bond acceptors (Lipinski definition) is 5. The summed E-state index contributed by atoms with van der Waals surface area (Å²) in [5.74, 6) is 0.252. The molecule has 0 unspecified atom stereocenters. The Bertz CT molecular complexity index is 1350. The van der Waals surface area contributed by atoms with Crippen molar-refractivity contribution in [2.45, 2.75) is 24.9 Å². The molecule has 0 saturated heterocycles. The summed E-state index contributed by atoms with van der Waals surface area (Å²) in [6.45, 7) is 4.29. The average Bonchev–Trinajstić information content (AvgIpc) is 3.19. The standard InChI is InChI=1S/C23H19Cl2N3O2S2/c1-12(2)13-3-5-14(6-4-13)16-10-31-22-20(16)21(30)27-23(28-22)32-11-19(29)26-18-8-7-15(24)9-17(18)25/h3-10,12H,11H2,1-2H3,(H,26,29)(H,27,28,30). The molecule has 0 aliphatic carbocycles. The summed E-state index contributed by atoms with van der Waals surface area (Å²) in [4.78, 5) is 33.1. The van der Waals surface area contributed by atoms with Gasteiger partial charge in [0.1, 0.15) is 4.83 Å². The normalized spacial score (nSPS) is 11.3. The van der Waals surface area contributed by atoms with Crippen molar-refractivity contribution in [2.75, 3.05) is 11.1 Å². The molecule has 4 aromatic rings. The number of carbonyl (C=O) groups is 1. The van der Waals surface area contributed by atoms with Crippen molar-refractivity contribution in [3.05, 3.63) is 73.8 Å². The highest BCUT2D eigenvalue weighted by molar-refractivity contribution is 7.99. The number of aromatic amines is 1. The van der Waals surface area contributed by atoms with E-state index in [2.05, 4.69) is 41.3 Å². The molecular weight excluding hydrogens is 485 g/mol. The number of H-pyrrole nitrogens is 1. The molecule has 4 rings (SSSR count). The highest BCUT2D eigenvalue weighted by atomic mass is 35.5. The molecule has 32 heavy (non-hydrogen) atoms. The molecule has 2 heterocycles. The van der Waals surface area contributed by atoms with Gasteiger partial charge >= 0.3 is 0 Å². The van der Waals surface area contributed by atoms with E-state index in [4.69, 9.17) is 23.2 Å². The van der Waals surface area contributed by atoms with Gasteiger partial charge in [0.25, 0.3) is 5.56 Å². The predicted molar refractivity (Wildman–Crippen MR) is 136 cm³/mol. The van der Waals surface area contributed by atoms with Crippen LogP contribution >= 0.6 is 46.3 Å². The minimum absolute atomic E-state index is 0.0717. The Balaban J connectivity index is 1.50. The molecule has 5 nitrogen and oxygen atoms in total. The number of nitrogens with zero attached hydrogens (tertiary/aromatic N) is 1. The van der Waals surface area contributed by atoms with Crippen LogP contribution in [-0.4, -0.2) is 21.6 Å². The van der Waals surface area contributed by atoms with Crippen molar-refractivity contribution in [1.82, 2.24) is 9.97 Å². The molecular formula is C23H19Cl2N3O2S2. The third-order valence-corrected chi connectivity index (χ3v) is 7.15. The Morgan fingerprint density at radius 2 is 1.94 bits per heavy atom. The van der Waals surface area contributed by atoms with Crippen molar-refractivity contribution in [2.24, 2.45) is 0 Å². The van der Waals surface area contributed by atoms with Gasteiger partial charge in [-0.15, -0.1) is 11.3 Å². The van der Waals surface area contributed by atoms with E-state index in [0.717, 1.165) is 22.9 Å². The van der Waals surface area contributed by atoms with E-state index in [-0.39, 0.29) is 17.2 Å². The Labute approximate surface area is 203 Å². The van der Waals surface area contributed by atoms with Gasteiger partial charge in [-0.1, -0.05) is 73.1 Å². The Morgan fingerprint density at radius 1 is 1.19 bits per heavy atom. The molecule has 0 fully saturated rings. The second-order valence-corrected chi connectivity index (χ2v) is 10.1. The van der Waals surface area contributed by atoms with Crippen molar-refractivity contribution in [3.8, 4) is 11.1 Å². The number of halogens is 2. The van der Waals surface area contributed by atoms with E-state index >= 15 is 0 Å². The zero-order chi connectivity index (χ0) is 22.8. The van der Waals surface area contributed by atoms with Gasteiger partial charge in [-0.2, -0.15) is 0 Å². The molecule has 2 aromatic carbocycles. The number of hydrogen-bond donors (Lipinski definition) is 2. The van der Waals surface area contributed by atoms with Crippen LogP contribution in [0.4, 0.5) is 5.69 Å². The van der Waals surface area contributed by atoms with E-state index < -0.39 is 0 Å². The lowest BCUT2D eigenvalue weighted by atomic mass is 9.99. The number of amides is 1. The maximum absolute atomic E-state index is 12.8. The molecule has 0 aliphatic rings. The second kappa shape index (κ2) is 9.67. The Kier molecular flexibility index (Phi) is 6.90. The van der Waals surface area contributed by atoms with E-state index in [1.54, 1.807) is 18.2 Å². The van der Waals surface area contributed by atoms with E-state index in [1.807, 2.05) is 17.5 Å². The lowest BCUT2D eigenvalue weighted by Gasteiger charge is -2.07. The van der Waals surface area contributed by atoms with Gasteiger partial charge in [-0.3, -0.25) is 9.59 Å². The maximum Gasteiger partial charge on any atom is 0.260 e. The topological polar surface area (TPSA) is 74.8 Å². The van der Waals surface area contributed by atoms with Crippen molar-refractivity contribution in [1.29, 1.82) is 0 Å². The monoisotopic (exact) mass is 503 g/mol. The van der Waals surface area contributed by atoms with Crippen LogP contribution in [0.1, 0.15) is 25.3 Å². The highest BCUT2D eigenvalue weighted by Crippen LogP contribution is 2.32. The SMILES string of the molecule is CC(C)c1ccc(-c2csc3nc(SCC(=O)Nc4ccc(Cl)cc4Cl)[nH]c(=O)c23)cc1. The minimum atomic E-state index is -0.265. The van der Waals surface area contributed by atoms with E-state index in [0.29, 0.717) is 37.0 Å². The van der Waals surface area contributed by atoms with Crippen molar-refractivity contribution in [3.63, 3.8) is 0 Å². The van der Waals surface area contributed by atoms with Crippen LogP contribution in [0, 0.1) is 0 Å². The minimum Gasteiger partial charge on any atom is -0.324 e. The third-order valence-electron chi connectivity index (χ3n) is 4.86. The molecule has 0 bridgehead atoms. The van der Waals surface area contributed by atoms with Crippen LogP contribution in [0.25, 0.3) is 21.3 Å². The lowest BCUT2D eigenvalue weighted by molar-refractivity contribution is -0.113. The number of fused-ring (bicyclic) bond motifs is 1. The summed E-state index contributed by atoms with van der Waals surface area (Å²) in [7, 11) is 0. The molecule has 0 atom stereocenters. The smallest absolute Gasteiger partial charge is 0.260 e. The predicted octanol–water partition coefficient (Wildman–Crippen LogP) is 6.81. The summed E-state index contributed by atoms with van der Waals surface area (Å²) in [5.41, 5.74) is 3.35. The third kappa shape index (κ3) is 5.02. The number of rotatable bonds is 6. The van der Waals surface area contributed by atoms with E-state index in [9.17, 15) is 9.59 Å². The van der Waals surface area contributed by atoms with Crippen LogP contribution in [0.3, 0.4) is 0 Å². The van der Waals surface area contributed by atoms with Crippen LogP contribution < -0.4 is 10.9 Å². The fraction of sp³-hybridized carbons (Fsp3) is 0.174. The zero-order valence-corrected chi connectivity index (χ0v) is 20.4. The number of aromatic nitrogens is 2. The van der Waals surface area contributed by atoms with Crippen LogP contribution in [0.2, 0.25) is 10.0 Å². The summed E-state index contributed by atoms with van der Waals surface area (Å²) in [6.07, 6.45) is 0. The largest absolute Gasteiger partial charge is 0.324 e. The van der Waals surface area contributed by atoms with Gasteiger partial charge in [0.15, 0.2) is 5.16 Å². The summed E-state index contributed by atoms with van der Waals surface area (Å²) < 4.78 is 0. The number of carbonyl (C=O) groups excluding carboxylic acids is 1. The second-order valence-electron chi connectivity index (χ2n) is 7.44. The first-order chi connectivity index (χ1) is 15.3. The van der Waals surface area contributed by atoms with Crippen molar-refractivity contribution >= 4 is 68.1 Å². The number of benzene rings is 2. The number of thiophene rings is 1. The molecule has 0 aliphatic heterocycles. The van der Waals surface area contributed by atoms with Gasteiger partial charge in [0, 0.05) is 16.0 Å². The Morgan fingerprint density at radius 3 is 2.62 bits per heavy atom. The highest BCUT2D eigenvalue weighted by Gasteiger charge is 2.15. The molecule has 2 aromatic heterocycles. The molecule has 0 radical (unpaired) electrons. The molecule has 0 spiro atoms. The first kappa shape index (κ1) is 22.9. The molecule has 2 N–H and O–H groups in total. The van der Waals surface area contributed by atoms with Crippen LogP contribution in [0.5, 0.6) is 0 Å². The van der Waals surface area contributed by atoms with Gasteiger partial charge in [0.2, 0.25) is 5.91 Å².